The summed E-state index contributed by atoms with van der Waals surface area (Å²) in [4.78, 5) is 4.23. The molecule has 3 nitrogen and oxygen atoms in total. The third-order valence-corrected chi connectivity index (χ3v) is 4.52. The van der Waals surface area contributed by atoms with Gasteiger partial charge in [-0.25, -0.2) is 4.98 Å². The zero-order valence-electron chi connectivity index (χ0n) is 10.6. The van der Waals surface area contributed by atoms with Crippen LogP contribution in [0.3, 0.4) is 0 Å². The fourth-order valence-electron chi connectivity index (χ4n) is 3.66. The van der Waals surface area contributed by atoms with E-state index in [9.17, 15) is 0 Å². The molecule has 0 amide bonds. The third-order valence-electron chi connectivity index (χ3n) is 4.52. The summed E-state index contributed by atoms with van der Waals surface area (Å²) in [7, 11) is 0. The Bertz CT molecular complexity index is 617. The lowest BCUT2D eigenvalue weighted by Gasteiger charge is -2.34. The highest BCUT2D eigenvalue weighted by atomic mass is 16.5. The summed E-state index contributed by atoms with van der Waals surface area (Å²) in [5.74, 6) is 2.74. The minimum Gasteiger partial charge on any atom is -0.441 e. The summed E-state index contributed by atoms with van der Waals surface area (Å²) in [5, 5.41) is 0. The second kappa shape index (κ2) is 3.73. The average molecular weight is 252 g/mol. The summed E-state index contributed by atoms with van der Waals surface area (Å²) < 4.78 is 6.04. The van der Waals surface area contributed by atoms with Gasteiger partial charge in [0.25, 0.3) is 0 Å². The lowest BCUT2D eigenvalue weighted by Crippen LogP contribution is -2.28. The number of hydrogen-bond donors (Lipinski definition) is 1. The van der Waals surface area contributed by atoms with E-state index >= 15 is 0 Å². The molecule has 1 fully saturated rings. The van der Waals surface area contributed by atoms with Crippen LogP contribution in [-0.4, -0.2) is 4.98 Å². The van der Waals surface area contributed by atoms with Crippen LogP contribution in [0.15, 0.2) is 54.5 Å². The number of fused-ring (bicyclic) bond motifs is 1. The zero-order valence-corrected chi connectivity index (χ0v) is 10.6. The van der Waals surface area contributed by atoms with Gasteiger partial charge in [0.15, 0.2) is 0 Å². The average Bonchev–Trinajstić information content (AvgIpc) is 2.94. The highest BCUT2D eigenvalue weighted by Crippen LogP contribution is 2.59. The number of nitrogens with two attached hydrogens (primary N) is 1. The molecule has 2 bridgehead atoms. The molecule has 3 aliphatic rings. The van der Waals surface area contributed by atoms with Crippen molar-refractivity contribution in [1.29, 1.82) is 0 Å². The van der Waals surface area contributed by atoms with Crippen molar-refractivity contribution < 1.29 is 4.74 Å². The predicted molar refractivity (Wildman–Crippen MR) is 74.3 cm³/mol. The van der Waals surface area contributed by atoms with E-state index in [-0.39, 0.29) is 5.41 Å². The van der Waals surface area contributed by atoms with Crippen LogP contribution in [0.2, 0.25) is 0 Å². The Balaban J connectivity index is 1.70. The van der Waals surface area contributed by atoms with Gasteiger partial charge in [-0.05, 0) is 42.9 Å². The molecule has 3 aliphatic carbocycles. The molecule has 3 unspecified atom stereocenters. The number of aromatic nitrogens is 1. The Morgan fingerprint density at radius 2 is 2.32 bits per heavy atom. The molecule has 1 heterocycles. The van der Waals surface area contributed by atoms with Gasteiger partial charge in [-0.1, -0.05) is 24.3 Å². The number of anilines is 1. The predicted octanol–water partition coefficient (Wildman–Crippen LogP) is 3.08. The maximum atomic E-state index is 6.04. The van der Waals surface area contributed by atoms with Gasteiger partial charge in [0.2, 0.25) is 5.88 Å². The molecule has 2 N–H and O–H groups in total. The second-order valence-electron chi connectivity index (χ2n) is 5.62. The minimum absolute atomic E-state index is 0.0450. The molecular formula is C16H16N2O. The molecule has 4 rings (SSSR count). The van der Waals surface area contributed by atoms with Crippen molar-refractivity contribution in [3.8, 4) is 5.88 Å². The molecule has 0 radical (unpaired) electrons. The van der Waals surface area contributed by atoms with Crippen LogP contribution in [0.5, 0.6) is 5.88 Å². The van der Waals surface area contributed by atoms with Crippen molar-refractivity contribution in [2.75, 3.05) is 5.73 Å². The summed E-state index contributed by atoms with van der Waals surface area (Å²) in [6.07, 6.45) is 15.2. The summed E-state index contributed by atoms with van der Waals surface area (Å²) in [6, 6.07) is 3.64. The zero-order chi connectivity index (χ0) is 12.9. The Hall–Kier alpha value is -2.03. The normalized spacial score (nSPS) is 34.2. The van der Waals surface area contributed by atoms with Gasteiger partial charge in [-0.15, -0.1) is 0 Å². The fourth-order valence-corrected chi connectivity index (χ4v) is 3.66. The van der Waals surface area contributed by atoms with Gasteiger partial charge < -0.3 is 10.5 Å². The Morgan fingerprint density at radius 1 is 1.37 bits per heavy atom. The van der Waals surface area contributed by atoms with Crippen LogP contribution in [-0.2, 0) is 0 Å². The van der Waals surface area contributed by atoms with Crippen LogP contribution in [0.1, 0.15) is 12.8 Å². The maximum Gasteiger partial charge on any atom is 0.242 e. The van der Waals surface area contributed by atoms with Gasteiger partial charge in [-0.2, -0.15) is 0 Å². The van der Waals surface area contributed by atoms with Crippen LogP contribution in [0, 0.1) is 17.3 Å². The first kappa shape index (κ1) is 10.9. The van der Waals surface area contributed by atoms with Crippen molar-refractivity contribution in [2.45, 2.75) is 12.8 Å². The number of nitrogens with zero attached hydrogens (tertiary/aromatic N) is 1. The van der Waals surface area contributed by atoms with E-state index < -0.39 is 0 Å². The van der Waals surface area contributed by atoms with Crippen molar-refractivity contribution in [2.24, 2.45) is 17.3 Å². The number of hydrogen-bond acceptors (Lipinski definition) is 3. The summed E-state index contributed by atoms with van der Waals surface area (Å²) in [6.45, 7) is 0. The lowest BCUT2D eigenvalue weighted by atomic mass is 9.74. The SMILES string of the molecule is Nc1cccnc1OC1=CC2CC3C=CC=CC13C2. The topological polar surface area (TPSA) is 48.1 Å². The summed E-state index contributed by atoms with van der Waals surface area (Å²) >= 11 is 0. The molecule has 0 aliphatic heterocycles. The first-order valence-corrected chi connectivity index (χ1v) is 6.75. The van der Waals surface area contributed by atoms with Crippen LogP contribution < -0.4 is 10.5 Å². The Labute approximate surface area is 112 Å². The monoisotopic (exact) mass is 252 g/mol. The van der Waals surface area contributed by atoms with Crippen molar-refractivity contribution in [3.63, 3.8) is 0 Å². The Kier molecular flexibility index (Phi) is 2.13. The molecule has 96 valence electrons. The highest BCUT2D eigenvalue weighted by Gasteiger charge is 2.53. The van der Waals surface area contributed by atoms with E-state index in [1.54, 1.807) is 6.20 Å². The van der Waals surface area contributed by atoms with E-state index in [0.29, 0.717) is 23.4 Å². The third kappa shape index (κ3) is 1.47. The van der Waals surface area contributed by atoms with E-state index in [1.165, 1.54) is 6.42 Å². The van der Waals surface area contributed by atoms with Crippen molar-refractivity contribution in [1.82, 2.24) is 4.98 Å². The van der Waals surface area contributed by atoms with E-state index in [2.05, 4.69) is 35.4 Å². The number of pyridine rings is 1. The molecule has 3 heteroatoms. The van der Waals surface area contributed by atoms with E-state index in [1.807, 2.05) is 12.1 Å². The second-order valence-corrected chi connectivity index (χ2v) is 5.62. The van der Waals surface area contributed by atoms with Crippen LogP contribution in [0.4, 0.5) is 5.69 Å². The quantitative estimate of drug-likeness (QED) is 0.880. The van der Waals surface area contributed by atoms with Gasteiger partial charge in [-0.3, -0.25) is 0 Å². The van der Waals surface area contributed by atoms with Gasteiger partial charge >= 0.3 is 0 Å². The molecule has 19 heavy (non-hydrogen) atoms. The molecular weight excluding hydrogens is 236 g/mol. The van der Waals surface area contributed by atoms with Crippen LogP contribution in [0.25, 0.3) is 0 Å². The van der Waals surface area contributed by atoms with Gasteiger partial charge in [0.1, 0.15) is 5.76 Å². The smallest absolute Gasteiger partial charge is 0.242 e. The highest BCUT2D eigenvalue weighted by molar-refractivity contribution is 5.49. The Morgan fingerprint density at radius 3 is 3.21 bits per heavy atom. The van der Waals surface area contributed by atoms with E-state index in [0.717, 1.165) is 12.2 Å². The number of allylic oxidation sites excluding steroid dienone is 5. The largest absolute Gasteiger partial charge is 0.441 e. The standard InChI is InChI=1S/C16H16N2O/c17-13-5-3-7-18-15(13)19-14-9-11-8-12-4-1-2-6-16(12,14)10-11/h1-7,9,11-12H,8,10,17H2. The number of rotatable bonds is 2. The molecule has 1 aromatic rings. The maximum absolute atomic E-state index is 6.04. The number of nitrogen functional groups attached to an aromatic ring is 1. The fraction of sp³-hybridized carbons (Fsp3) is 0.312. The minimum atomic E-state index is 0.0450. The van der Waals surface area contributed by atoms with Gasteiger partial charge in [0, 0.05) is 6.20 Å². The molecule has 1 spiro atoms. The molecule has 3 atom stereocenters. The first-order valence-electron chi connectivity index (χ1n) is 6.75. The molecule has 1 saturated carbocycles. The summed E-state index contributed by atoms with van der Waals surface area (Å²) in [5.41, 5.74) is 6.55. The molecule has 0 saturated heterocycles. The van der Waals surface area contributed by atoms with Crippen molar-refractivity contribution in [3.05, 3.63) is 54.5 Å². The lowest BCUT2D eigenvalue weighted by molar-refractivity contribution is 0.253. The van der Waals surface area contributed by atoms with Gasteiger partial charge in [0.05, 0.1) is 11.1 Å². The molecule has 0 aromatic carbocycles. The first-order chi connectivity index (χ1) is 9.28. The molecule has 1 aromatic heterocycles. The van der Waals surface area contributed by atoms with E-state index in [4.69, 9.17) is 10.5 Å². The number of ether oxygens (including phenoxy) is 1. The van der Waals surface area contributed by atoms with Crippen LogP contribution >= 0.6 is 0 Å². The van der Waals surface area contributed by atoms with Crippen molar-refractivity contribution >= 4 is 5.69 Å².